The molecule has 1 heterocycles. The highest BCUT2D eigenvalue weighted by atomic mass is 16.5. The van der Waals surface area contributed by atoms with Gasteiger partial charge in [0.05, 0.1) is 6.04 Å². The molecule has 0 fully saturated rings. The molecule has 3 aromatic rings. The Morgan fingerprint density at radius 3 is 1.96 bits per heavy atom. The van der Waals surface area contributed by atoms with Crippen LogP contribution in [0.2, 0.25) is 0 Å². The van der Waals surface area contributed by atoms with Crippen molar-refractivity contribution in [2.24, 2.45) is 0 Å². The van der Waals surface area contributed by atoms with Gasteiger partial charge in [-0.15, -0.1) is 0 Å². The first kappa shape index (κ1) is 17.7. The maximum absolute atomic E-state index is 12.5. The molecule has 0 spiro atoms. The molecule has 2 N–H and O–H groups in total. The Balaban J connectivity index is 1.77. The molecule has 2 amide bonds. The van der Waals surface area contributed by atoms with E-state index >= 15 is 0 Å². The van der Waals surface area contributed by atoms with Crippen LogP contribution in [0.4, 0.5) is 10.6 Å². The maximum Gasteiger partial charge on any atom is 0.321 e. The third-order valence-electron chi connectivity index (χ3n) is 4.03. The van der Waals surface area contributed by atoms with Gasteiger partial charge in [0.2, 0.25) is 0 Å². The molecule has 1 aromatic heterocycles. The smallest absolute Gasteiger partial charge is 0.321 e. The van der Waals surface area contributed by atoms with Gasteiger partial charge in [0, 0.05) is 11.5 Å². The van der Waals surface area contributed by atoms with Gasteiger partial charge in [-0.2, -0.15) is 0 Å². The molecule has 0 unspecified atom stereocenters. The molecular formula is C21H23N3O2. The number of nitrogens with zero attached hydrogens (tertiary/aromatic N) is 1. The van der Waals surface area contributed by atoms with Gasteiger partial charge in [-0.05, 0) is 11.1 Å². The van der Waals surface area contributed by atoms with E-state index in [0.717, 1.165) is 16.9 Å². The molecular weight excluding hydrogens is 326 g/mol. The van der Waals surface area contributed by atoms with Gasteiger partial charge in [0.1, 0.15) is 5.76 Å². The van der Waals surface area contributed by atoms with Gasteiger partial charge >= 0.3 is 6.03 Å². The van der Waals surface area contributed by atoms with Gasteiger partial charge in [-0.25, -0.2) is 4.79 Å². The van der Waals surface area contributed by atoms with Gasteiger partial charge in [-0.3, -0.25) is 5.32 Å². The number of benzene rings is 2. The lowest BCUT2D eigenvalue weighted by Crippen LogP contribution is -2.33. The fourth-order valence-corrected chi connectivity index (χ4v) is 2.62. The summed E-state index contributed by atoms with van der Waals surface area (Å²) in [5.74, 6) is 1.11. The predicted octanol–water partition coefficient (Wildman–Crippen LogP) is 4.88. The van der Waals surface area contributed by atoms with Gasteiger partial charge in [0.15, 0.2) is 5.82 Å². The second-order valence-electron chi connectivity index (χ2n) is 7.18. The number of amides is 2. The van der Waals surface area contributed by atoms with Crippen LogP contribution in [0.15, 0.2) is 71.3 Å². The maximum atomic E-state index is 12.5. The monoisotopic (exact) mass is 349 g/mol. The van der Waals surface area contributed by atoms with Crippen LogP contribution in [-0.2, 0) is 5.41 Å². The van der Waals surface area contributed by atoms with Gasteiger partial charge in [-0.1, -0.05) is 86.6 Å². The highest BCUT2D eigenvalue weighted by Gasteiger charge is 2.21. The summed E-state index contributed by atoms with van der Waals surface area (Å²) in [6, 6.07) is 20.9. The zero-order valence-corrected chi connectivity index (χ0v) is 15.2. The zero-order chi connectivity index (χ0) is 18.6. The minimum Gasteiger partial charge on any atom is -0.359 e. The zero-order valence-electron chi connectivity index (χ0n) is 15.2. The van der Waals surface area contributed by atoms with Crippen molar-refractivity contribution in [2.75, 3.05) is 5.32 Å². The Labute approximate surface area is 153 Å². The average Bonchev–Trinajstić information content (AvgIpc) is 3.10. The molecule has 0 bridgehead atoms. The number of carbonyl (C=O) groups is 1. The SMILES string of the molecule is CC(C)(C)c1cc(NC(=O)NC(c2ccccc2)c2ccccc2)no1. The molecule has 0 aliphatic heterocycles. The predicted molar refractivity (Wildman–Crippen MR) is 102 cm³/mol. The van der Waals surface area contributed by atoms with Crippen LogP contribution in [0.25, 0.3) is 0 Å². The number of aromatic nitrogens is 1. The van der Waals surface area contributed by atoms with Crippen molar-refractivity contribution in [3.63, 3.8) is 0 Å². The first-order valence-electron chi connectivity index (χ1n) is 8.58. The van der Waals surface area contributed by atoms with Crippen LogP contribution in [0.3, 0.4) is 0 Å². The van der Waals surface area contributed by atoms with E-state index in [4.69, 9.17) is 4.52 Å². The van der Waals surface area contributed by atoms with Crippen molar-refractivity contribution in [3.05, 3.63) is 83.6 Å². The molecule has 5 heteroatoms. The number of carbonyl (C=O) groups excluding carboxylic acids is 1. The van der Waals surface area contributed by atoms with Crippen molar-refractivity contribution in [3.8, 4) is 0 Å². The number of urea groups is 1. The first-order valence-corrected chi connectivity index (χ1v) is 8.58. The molecule has 0 radical (unpaired) electrons. The Morgan fingerprint density at radius 2 is 1.50 bits per heavy atom. The molecule has 3 rings (SSSR count). The number of rotatable bonds is 4. The van der Waals surface area contributed by atoms with E-state index in [0.29, 0.717) is 5.82 Å². The summed E-state index contributed by atoms with van der Waals surface area (Å²) in [4.78, 5) is 12.5. The van der Waals surface area contributed by atoms with E-state index in [2.05, 4.69) is 15.8 Å². The summed E-state index contributed by atoms with van der Waals surface area (Å²) in [6.07, 6.45) is 0. The van der Waals surface area contributed by atoms with E-state index in [9.17, 15) is 4.79 Å². The molecule has 2 aromatic carbocycles. The molecule has 0 saturated heterocycles. The Kier molecular flexibility index (Phi) is 5.07. The lowest BCUT2D eigenvalue weighted by atomic mass is 9.93. The Bertz CT molecular complexity index is 812. The Hall–Kier alpha value is -3.08. The van der Waals surface area contributed by atoms with Crippen LogP contribution in [0, 0.1) is 0 Å². The minimum atomic E-state index is -0.337. The average molecular weight is 349 g/mol. The Morgan fingerprint density at radius 1 is 0.962 bits per heavy atom. The largest absolute Gasteiger partial charge is 0.359 e. The fourth-order valence-electron chi connectivity index (χ4n) is 2.62. The molecule has 0 saturated carbocycles. The normalized spacial score (nSPS) is 11.4. The number of anilines is 1. The fraction of sp³-hybridized carbons (Fsp3) is 0.238. The van der Waals surface area contributed by atoms with Gasteiger partial charge in [0.25, 0.3) is 0 Å². The summed E-state index contributed by atoms with van der Waals surface area (Å²) in [5, 5.41) is 9.69. The highest BCUT2D eigenvalue weighted by Crippen LogP contribution is 2.25. The van der Waals surface area contributed by atoms with Crippen molar-refractivity contribution in [1.82, 2.24) is 10.5 Å². The summed E-state index contributed by atoms with van der Waals surface area (Å²) < 4.78 is 5.31. The second kappa shape index (κ2) is 7.44. The number of hydrogen-bond acceptors (Lipinski definition) is 3. The van der Waals surface area contributed by atoms with Crippen LogP contribution >= 0.6 is 0 Å². The van der Waals surface area contributed by atoms with Crippen molar-refractivity contribution in [2.45, 2.75) is 32.2 Å². The summed E-state index contributed by atoms with van der Waals surface area (Å²) in [5.41, 5.74) is 1.84. The van der Waals surface area contributed by atoms with Crippen molar-refractivity contribution >= 4 is 11.8 Å². The van der Waals surface area contributed by atoms with Crippen LogP contribution in [0.5, 0.6) is 0 Å². The highest BCUT2D eigenvalue weighted by molar-refractivity contribution is 5.88. The third-order valence-corrected chi connectivity index (χ3v) is 4.03. The molecule has 134 valence electrons. The molecule has 0 aliphatic rings. The van der Waals surface area contributed by atoms with E-state index in [1.165, 1.54) is 0 Å². The molecule has 5 nitrogen and oxygen atoms in total. The number of hydrogen-bond donors (Lipinski definition) is 2. The summed E-state index contributed by atoms with van der Waals surface area (Å²) in [6.45, 7) is 6.08. The second-order valence-corrected chi connectivity index (χ2v) is 7.18. The molecule has 0 aliphatic carbocycles. The third kappa shape index (κ3) is 4.30. The minimum absolute atomic E-state index is 0.167. The summed E-state index contributed by atoms with van der Waals surface area (Å²) in [7, 11) is 0. The van der Waals surface area contributed by atoms with Crippen LogP contribution in [0.1, 0.15) is 43.7 Å². The quantitative estimate of drug-likeness (QED) is 0.705. The van der Waals surface area contributed by atoms with E-state index in [-0.39, 0.29) is 17.5 Å². The molecule has 0 atom stereocenters. The van der Waals surface area contributed by atoms with Crippen molar-refractivity contribution < 1.29 is 9.32 Å². The lowest BCUT2D eigenvalue weighted by molar-refractivity contribution is 0.249. The summed E-state index contributed by atoms with van der Waals surface area (Å²) >= 11 is 0. The lowest BCUT2D eigenvalue weighted by Gasteiger charge is -2.19. The van der Waals surface area contributed by atoms with E-state index < -0.39 is 0 Å². The van der Waals surface area contributed by atoms with Crippen LogP contribution in [-0.4, -0.2) is 11.2 Å². The first-order chi connectivity index (χ1) is 12.4. The van der Waals surface area contributed by atoms with Gasteiger partial charge < -0.3 is 9.84 Å². The van der Waals surface area contributed by atoms with Crippen LogP contribution < -0.4 is 10.6 Å². The standard InChI is InChI=1S/C21H23N3O2/c1-21(2,3)17-14-18(24-26-17)22-20(25)23-19(15-10-6-4-7-11-15)16-12-8-5-9-13-16/h4-14,19H,1-3H3,(H2,22,23,24,25). The number of nitrogens with one attached hydrogen (secondary N) is 2. The van der Waals surface area contributed by atoms with Crippen molar-refractivity contribution in [1.29, 1.82) is 0 Å². The topological polar surface area (TPSA) is 67.2 Å². The van der Waals surface area contributed by atoms with E-state index in [1.54, 1.807) is 6.07 Å². The van der Waals surface area contributed by atoms with E-state index in [1.807, 2.05) is 81.4 Å². The molecule has 26 heavy (non-hydrogen) atoms.